The number of H-pyrrole nitrogens is 1. The first-order valence-electron chi connectivity index (χ1n) is 8.76. The van der Waals surface area contributed by atoms with Crippen LogP contribution in [0.25, 0.3) is 0 Å². The van der Waals surface area contributed by atoms with E-state index in [1.54, 1.807) is 12.4 Å². The Labute approximate surface area is 148 Å². The molecule has 25 heavy (non-hydrogen) atoms. The topological polar surface area (TPSA) is 77.2 Å². The third kappa shape index (κ3) is 4.64. The number of piperazine rings is 1. The van der Waals surface area contributed by atoms with Crippen LogP contribution in [-0.4, -0.2) is 59.6 Å². The van der Waals surface area contributed by atoms with Gasteiger partial charge in [0.05, 0.1) is 5.69 Å². The van der Waals surface area contributed by atoms with Crippen LogP contribution in [0, 0.1) is 6.92 Å². The number of hydrogen-bond acceptors (Lipinski definition) is 6. The van der Waals surface area contributed by atoms with Gasteiger partial charge in [-0.15, -0.1) is 0 Å². The van der Waals surface area contributed by atoms with Gasteiger partial charge in [-0.1, -0.05) is 0 Å². The Kier molecular flexibility index (Phi) is 5.78. The lowest BCUT2D eigenvalue weighted by atomic mass is 10.2. The van der Waals surface area contributed by atoms with E-state index < -0.39 is 0 Å². The molecule has 1 aliphatic rings. The molecule has 3 heterocycles. The summed E-state index contributed by atoms with van der Waals surface area (Å²) in [6.45, 7) is 7.17. The molecule has 1 fully saturated rings. The quantitative estimate of drug-likeness (QED) is 0.747. The van der Waals surface area contributed by atoms with Crippen LogP contribution in [0.2, 0.25) is 0 Å². The second-order valence-electron chi connectivity index (χ2n) is 6.53. The highest BCUT2D eigenvalue weighted by molar-refractivity contribution is 5.33. The summed E-state index contributed by atoms with van der Waals surface area (Å²) in [6, 6.07) is 3.99. The van der Waals surface area contributed by atoms with E-state index in [1.165, 1.54) is 5.56 Å². The van der Waals surface area contributed by atoms with Crippen LogP contribution in [0.15, 0.2) is 29.3 Å². The van der Waals surface area contributed by atoms with Crippen molar-refractivity contribution in [2.75, 3.05) is 44.7 Å². The number of anilines is 1. The van der Waals surface area contributed by atoms with Crippen molar-refractivity contribution in [1.29, 1.82) is 0 Å². The minimum Gasteiger partial charge on any atom is -0.340 e. The molecular weight excluding hydrogens is 316 g/mol. The van der Waals surface area contributed by atoms with Crippen molar-refractivity contribution in [2.24, 2.45) is 0 Å². The Bertz CT molecular complexity index is 737. The molecule has 7 nitrogen and oxygen atoms in total. The number of hydrogen-bond donors (Lipinski definition) is 2. The maximum atomic E-state index is 12.3. The summed E-state index contributed by atoms with van der Waals surface area (Å²) in [5.74, 6) is 0.702. The zero-order valence-electron chi connectivity index (χ0n) is 15.0. The molecule has 0 unspecified atom stereocenters. The molecule has 2 aromatic heterocycles. The summed E-state index contributed by atoms with van der Waals surface area (Å²) in [7, 11) is 2.11. The summed E-state index contributed by atoms with van der Waals surface area (Å²) in [5, 5.41) is 3.40. The van der Waals surface area contributed by atoms with Crippen LogP contribution in [0.3, 0.4) is 0 Å². The first kappa shape index (κ1) is 17.6. The summed E-state index contributed by atoms with van der Waals surface area (Å²) in [5.41, 5.74) is 2.75. The van der Waals surface area contributed by atoms with E-state index in [9.17, 15) is 4.79 Å². The van der Waals surface area contributed by atoms with E-state index in [-0.39, 0.29) is 5.56 Å². The van der Waals surface area contributed by atoms with Gasteiger partial charge in [0.15, 0.2) is 0 Å². The van der Waals surface area contributed by atoms with Gasteiger partial charge < -0.3 is 15.1 Å². The van der Waals surface area contributed by atoms with E-state index in [0.29, 0.717) is 11.5 Å². The number of rotatable bonds is 6. The van der Waals surface area contributed by atoms with Crippen LogP contribution < -0.4 is 15.8 Å². The highest BCUT2D eigenvalue weighted by Crippen LogP contribution is 2.11. The fourth-order valence-corrected chi connectivity index (χ4v) is 2.92. The van der Waals surface area contributed by atoms with Crippen molar-refractivity contribution in [3.63, 3.8) is 0 Å². The van der Waals surface area contributed by atoms with Crippen molar-refractivity contribution in [3.05, 3.63) is 51.7 Å². The molecule has 2 N–H and O–H groups in total. The van der Waals surface area contributed by atoms with E-state index in [0.717, 1.165) is 51.4 Å². The summed E-state index contributed by atoms with van der Waals surface area (Å²) in [6.07, 6.45) is 4.32. The normalized spacial score (nSPS) is 15.5. The lowest BCUT2D eigenvalue weighted by Gasteiger charge is -2.32. The molecular formula is C18H26N6O. The monoisotopic (exact) mass is 342 g/mol. The van der Waals surface area contributed by atoms with E-state index >= 15 is 0 Å². The average Bonchev–Trinajstić information content (AvgIpc) is 2.63. The van der Waals surface area contributed by atoms with Crippen molar-refractivity contribution in [2.45, 2.75) is 19.9 Å². The Morgan fingerprint density at radius 1 is 1.20 bits per heavy atom. The molecule has 0 atom stereocenters. The predicted molar refractivity (Wildman–Crippen MR) is 99.0 cm³/mol. The van der Waals surface area contributed by atoms with Crippen LogP contribution >= 0.6 is 0 Å². The Balaban J connectivity index is 1.61. The third-order valence-corrected chi connectivity index (χ3v) is 4.66. The van der Waals surface area contributed by atoms with Gasteiger partial charge in [0.25, 0.3) is 5.56 Å². The first-order valence-corrected chi connectivity index (χ1v) is 8.76. The number of aromatic nitrogens is 3. The average molecular weight is 342 g/mol. The molecule has 0 spiro atoms. The molecule has 0 aromatic carbocycles. The minimum absolute atomic E-state index is 0.0342. The fraction of sp³-hybridized carbons (Fsp3) is 0.500. The molecule has 3 rings (SSSR count). The Hall–Kier alpha value is -2.25. The highest BCUT2D eigenvalue weighted by Gasteiger charge is 2.17. The molecule has 2 aromatic rings. The number of likely N-dealkylation sites (N-methyl/N-ethyl adjacent to an activating group) is 1. The summed E-state index contributed by atoms with van der Waals surface area (Å²) >= 11 is 0. The largest absolute Gasteiger partial charge is 0.340 e. The molecule has 1 saturated heterocycles. The van der Waals surface area contributed by atoms with Gasteiger partial charge in [-0.05, 0) is 31.7 Å². The molecule has 0 aliphatic carbocycles. The minimum atomic E-state index is -0.0342. The summed E-state index contributed by atoms with van der Waals surface area (Å²) < 4.78 is 0. The van der Waals surface area contributed by atoms with Gasteiger partial charge in [-0.3, -0.25) is 14.8 Å². The second kappa shape index (κ2) is 8.22. The number of aromatic amines is 1. The van der Waals surface area contributed by atoms with E-state index in [1.807, 2.05) is 19.1 Å². The Morgan fingerprint density at radius 3 is 2.64 bits per heavy atom. The lowest BCUT2D eigenvalue weighted by molar-refractivity contribution is 0.311. The van der Waals surface area contributed by atoms with E-state index in [2.05, 4.69) is 32.1 Å². The van der Waals surface area contributed by atoms with Gasteiger partial charge in [0.2, 0.25) is 5.95 Å². The number of nitrogens with one attached hydrogen (secondary N) is 2. The molecule has 1 aliphatic heterocycles. The van der Waals surface area contributed by atoms with Crippen molar-refractivity contribution >= 4 is 5.95 Å². The molecule has 7 heteroatoms. The first-order chi connectivity index (χ1) is 12.1. The van der Waals surface area contributed by atoms with Gasteiger partial charge in [0, 0.05) is 63.6 Å². The predicted octanol–water partition coefficient (Wildman–Crippen LogP) is 0.557. The molecule has 0 saturated carbocycles. The number of nitrogens with zero attached hydrogens (tertiary/aromatic N) is 4. The van der Waals surface area contributed by atoms with Crippen LogP contribution in [0.1, 0.15) is 16.8 Å². The van der Waals surface area contributed by atoms with Crippen LogP contribution in [-0.2, 0) is 13.0 Å². The third-order valence-electron chi connectivity index (χ3n) is 4.66. The second-order valence-corrected chi connectivity index (χ2v) is 6.53. The molecule has 0 bridgehead atoms. The van der Waals surface area contributed by atoms with E-state index in [4.69, 9.17) is 4.98 Å². The lowest BCUT2D eigenvalue weighted by Crippen LogP contribution is -2.45. The molecule has 134 valence electrons. The SMILES string of the molecule is Cc1c(CCNCc2ccncc2)nc(N2CCN(C)CC2)[nH]c1=O. The molecule has 0 radical (unpaired) electrons. The van der Waals surface area contributed by atoms with Gasteiger partial charge in [-0.25, -0.2) is 4.98 Å². The highest BCUT2D eigenvalue weighted by atomic mass is 16.1. The fourth-order valence-electron chi connectivity index (χ4n) is 2.92. The zero-order chi connectivity index (χ0) is 17.6. The van der Waals surface area contributed by atoms with Crippen LogP contribution in [0.5, 0.6) is 0 Å². The van der Waals surface area contributed by atoms with Crippen molar-refractivity contribution in [1.82, 2.24) is 25.2 Å². The Morgan fingerprint density at radius 2 is 1.92 bits per heavy atom. The smallest absolute Gasteiger partial charge is 0.255 e. The summed E-state index contributed by atoms with van der Waals surface area (Å²) in [4.78, 5) is 28.4. The van der Waals surface area contributed by atoms with Crippen LogP contribution in [0.4, 0.5) is 5.95 Å². The maximum Gasteiger partial charge on any atom is 0.255 e. The van der Waals surface area contributed by atoms with Gasteiger partial charge >= 0.3 is 0 Å². The standard InChI is InChI=1S/C18H26N6O/c1-14-16(5-8-20-13-15-3-6-19-7-4-15)21-18(22-17(14)25)24-11-9-23(2)10-12-24/h3-4,6-7,20H,5,8-13H2,1-2H3,(H,21,22,25). The number of pyridine rings is 1. The van der Waals surface area contributed by atoms with Gasteiger partial charge in [-0.2, -0.15) is 0 Å². The van der Waals surface area contributed by atoms with Crippen molar-refractivity contribution < 1.29 is 0 Å². The maximum absolute atomic E-state index is 12.3. The van der Waals surface area contributed by atoms with Gasteiger partial charge in [0.1, 0.15) is 0 Å². The molecule has 0 amide bonds. The zero-order valence-corrected chi connectivity index (χ0v) is 15.0. The van der Waals surface area contributed by atoms with Crippen molar-refractivity contribution in [3.8, 4) is 0 Å².